The van der Waals surface area contributed by atoms with Crippen LogP contribution in [-0.4, -0.2) is 28.6 Å². The van der Waals surface area contributed by atoms with Gasteiger partial charge in [-0.3, -0.25) is 14.3 Å². The monoisotopic (exact) mass is 252 g/mol. The van der Waals surface area contributed by atoms with Crippen LogP contribution < -0.4 is 11.1 Å². The molecular weight excluding hydrogens is 232 g/mol. The number of aromatic nitrogens is 2. The van der Waals surface area contributed by atoms with Crippen LogP contribution in [-0.2, 0) is 6.54 Å². The summed E-state index contributed by atoms with van der Waals surface area (Å²) in [5, 5.41) is 6.57. The lowest BCUT2D eigenvalue weighted by atomic mass is 10.2. The summed E-state index contributed by atoms with van der Waals surface area (Å²) >= 11 is 0. The third kappa shape index (κ3) is 3.58. The van der Waals surface area contributed by atoms with Crippen molar-refractivity contribution >= 4 is 11.8 Å². The van der Waals surface area contributed by atoms with E-state index in [1.54, 1.807) is 0 Å². The molecule has 3 N–H and O–H groups in total. The summed E-state index contributed by atoms with van der Waals surface area (Å²) < 4.78 is 1.52. The Labute approximate surface area is 107 Å². The number of rotatable bonds is 7. The van der Waals surface area contributed by atoms with E-state index < -0.39 is 5.91 Å². The largest absolute Gasteiger partial charge is 0.364 e. The number of amides is 2. The fourth-order valence-electron chi connectivity index (χ4n) is 1.71. The van der Waals surface area contributed by atoms with Crippen molar-refractivity contribution in [2.45, 2.75) is 39.2 Å². The number of hydrogen-bond donors (Lipinski definition) is 2. The molecular formula is C12H20N4O2. The predicted octanol–water partition coefficient (Wildman–Crippen LogP) is 0.922. The van der Waals surface area contributed by atoms with Crippen LogP contribution in [0.25, 0.3) is 0 Å². The van der Waals surface area contributed by atoms with Crippen molar-refractivity contribution in [2.75, 3.05) is 7.05 Å². The number of primary amides is 1. The van der Waals surface area contributed by atoms with Crippen LogP contribution in [0.4, 0.5) is 0 Å². The molecule has 0 radical (unpaired) electrons. The molecule has 1 aromatic heterocycles. The van der Waals surface area contributed by atoms with Crippen LogP contribution in [0.5, 0.6) is 0 Å². The summed E-state index contributed by atoms with van der Waals surface area (Å²) in [6, 6.07) is 1.43. The van der Waals surface area contributed by atoms with Gasteiger partial charge >= 0.3 is 0 Å². The number of nitrogens with zero attached hydrogens (tertiary/aromatic N) is 2. The van der Waals surface area contributed by atoms with E-state index in [-0.39, 0.29) is 17.3 Å². The molecule has 0 bridgehead atoms. The number of carbonyl (C=O) groups is 2. The van der Waals surface area contributed by atoms with Crippen LogP contribution in [0.15, 0.2) is 6.07 Å². The van der Waals surface area contributed by atoms with Gasteiger partial charge in [0.15, 0.2) is 5.69 Å². The number of nitrogens with two attached hydrogens (primary N) is 1. The molecule has 1 aromatic rings. The van der Waals surface area contributed by atoms with Crippen molar-refractivity contribution in [3.8, 4) is 0 Å². The molecule has 0 saturated heterocycles. The van der Waals surface area contributed by atoms with E-state index in [0.29, 0.717) is 6.54 Å². The van der Waals surface area contributed by atoms with E-state index in [2.05, 4.69) is 17.3 Å². The van der Waals surface area contributed by atoms with Gasteiger partial charge in [0.05, 0.1) is 0 Å². The van der Waals surface area contributed by atoms with Gasteiger partial charge in [-0.05, 0) is 6.42 Å². The molecule has 0 unspecified atom stereocenters. The average molecular weight is 252 g/mol. The van der Waals surface area contributed by atoms with Gasteiger partial charge in [-0.2, -0.15) is 5.10 Å². The van der Waals surface area contributed by atoms with Gasteiger partial charge in [0.25, 0.3) is 11.8 Å². The first-order valence-corrected chi connectivity index (χ1v) is 6.19. The van der Waals surface area contributed by atoms with Gasteiger partial charge < -0.3 is 11.1 Å². The third-order valence-electron chi connectivity index (χ3n) is 2.72. The number of hydrogen-bond acceptors (Lipinski definition) is 3. The zero-order valence-electron chi connectivity index (χ0n) is 10.9. The van der Waals surface area contributed by atoms with Crippen LogP contribution in [0.1, 0.15) is 53.6 Å². The van der Waals surface area contributed by atoms with Crippen molar-refractivity contribution in [1.82, 2.24) is 15.1 Å². The van der Waals surface area contributed by atoms with Crippen LogP contribution in [0, 0.1) is 0 Å². The molecule has 0 spiro atoms. The molecule has 0 aliphatic heterocycles. The smallest absolute Gasteiger partial charge is 0.271 e. The maximum Gasteiger partial charge on any atom is 0.271 e. The Kier molecular flexibility index (Phi) is 5.35. The lowest BCUT2D eigenvalue weighted by molar-refractivity contribution is 0.0955. The number of unbranched alkanes of at least 4 members (excludes halogenated alkanes) is 3. The molecule has 6 heteroatoms. The zero-order chi connectivity index (χ0) is 13.5. The minimum atomic E-state index is -0.562. The normalized spacial score (nSPS) is 10.3. The van der Waals surface area contributed by atoms with Crippen LogP contribution in [0.2, 0.25) is 0 Å². The molecule has 0 aliphatic carbocycles. The topological polar surface area (TPSA) is 90.0 Å². The summed E-state index contributed by atoms with van der Waals surface area (Å²) in [6.45, 7) is 2.74. The minimum absolute atomic E-state index is 0.224. The summed E-state index contributed by atoms with van der Waals surface area (Å²) in [6.07, 6.45) is 4.29. The molecule has 0 fully saturated rings. The van der Waals surface area contributed by atoms with E-state index in [9.17, 15) is 9.59 Å². The van der Waals surface area contributed by atoms with E-state index in [0.717, 1.165) is 25.7 Å². The Morgan fingerprint density at radius 3 is 2.67 bits per heavy atom. The maximum atomic E-state index is 11.4. The first-order valence-electron chi connectivity index (χ1n) is 6.19. The molecule has 1 rings (SSSR count). The Morgan fingerprint density at radius 1 is 1.39 bits per heavy atom. The van der Waals surface area contributed by atoms with Gasteiger partial charge in [-0.1, -0.05) is 26.2 Å². The molecule has 0 aliphatic rings. The Morgan fingerprint density at radius 2 is 2.11 bits per heavy atom. The molecule has 2 amide bonds. The van der Waals surface area contributed by atoms with Gasteiger partial charge in [0.1, 0.15) is 5.69 Å². The van der Waals surface area contributed by atoms with E-state index in [4.69, 9.17) is 5.73 Å². The molecule has 0 atom stereocenters. The predicted molar refractivity (Wildman–Crippen MR) is 68.3 cm³/mol. The highest BCUT2D eigenvalue weighted by atomic mass is 16.2. The molecule has 100 valence electrons. The standard InChI is InChI=1S/C12H20N4O2/c1-3-4-5-6-7-16-10(11(13)17)8-9(15-16)12(18)14-2/h8H,3-7H2,1-2H3,(H2,13,17)(H,14,18). The van der Waals surface area contributed by atoms with Crippen molar-refractivity contribution < 1.29 is 9.59 Å². The summed E-state index contributed by atoms with van der Waals surface area (Å²) in [5.74, 6) is -0.877. The van der Waals surface area contributed by atoms with Crippen LogP contribution in [0.3, 0.4) is 0 Å². The first kappa shape index (κ1) is 14.2. The molecule has 1 heterocycles. The van der Waals surface area contributed by atoms with E-state index >= 15 is 0 Å². The van der Waals surface area contributed by atoms with Crippen molar-refractivity contribution in [2.24, 2.45) is 5.73 Å². The Hall–Kier alpha value is -1.85. The summed E-state index contributed by atoms with van der Waals surface area (Å²) in [7, 11) is 1.52. The van der Waals surface area contributed by atoms with Gasteiger partial charge in [-0.15, -0.1) is 0 Å². The zero-order valence-corrected chi connectivity index (χ0v) is 10.9. The van der Waals surface area contributed by atoms with Crippen molar-refractivity contribution in [1.29, 1.82) is 0 Å². The highest BCUT2D eigenvalue weighted by Gasteiger charge is 2.16. The number of aryl methyl sites for hydroxylation is 1. The second kappa shape index (κ2) is 6.78. The fraction of sp³-hybridized carbons (Fsp3) is 0.583. The van der Waals surface area contributed by atoms with Gasteiger partial charge in [0, 0.05) is 19.7 Å². The molecule has 18 heavy (non-hydrogen) atoms. The third-order valence-corrected chi connectivity index (χ3v) is 2.72. The first-order chi connectivity index (χ1) is 8.60. The fourth-order valence-corrected chi connectivity index (χ4v) is 1.71. The molecule has 0 aromatic carbocycles. The molecule has 0 saturated carbocycles. The SMILES string of the molecule is CCCCCCn1nc(C(=O)NC)cc1C(N)=O. The van der Waals surface area contributed by atoms with E-state index in [1.807, 2.05) is 0 Å². The number of carbonyl (C=O) groups excluding carboxylic acids is 2. The number of nitrogens with one attached hydrogen (secondary N) is 1. The summed E-state index contributed by atoms with van der Waals surface area (Å²) in [4.78, 5) is 22.7. The molecule has 6 nitrogen and oxygen atoms in total. The Bertz CT molecular complexity index is 426. The maximum absolute atomic E-state index is 11.4. The highest BCUT2D eigenvalue weighted by molar-refractivity contribution is 5.97. The average Bonchev–Trinajstić information content (AvgIpc) is 2.78. The minimum Gasteiger partial charge on any atom is -0.364 e. The van der Waals surface area contributed by atoms with Gasteiger partial charge in [-0.25, -0.2) is 0 Å². The quantitative estimate of drug-likeness (QED) is 0.707. The highest BCUT2D eigenvalue weighted by Crippen LogP contribution is 2.07. The second-order valence-corrected chi connectivity index (χ2v) is 4.14. The lowest BCUT2D eigenvalue weighted by Crippen LogP contribution is -2.19. The van der Waals surface area contributed by atoms with Gasteiger partial charge in [0.2, 0.25) is 0 Å². The van der Waals surface area contributed by atoms with Crippen molar-refractivity contribution in [3.63, 3.8) is 0 Å². The van der Waals surface area contributed by atoms with Crippen molar-refractivity contribution in [3.05, 3.63) is 17.5 Å². The Balaban J connectivity index is 2.78. The van der Waals surface area contributed by atoms with E-state index in [1.165, 1.54) is 17.8 Å². The lowest BCUT2D eigenvalue weighted by Gasteiger charge is -2.04. The van der Waals surface area contributed by atoms with Crippen LogP contribution >= 0.6 is 0 Å². The summed E-state index contributed by atoms with van der Waals surface area (Å²) in [5.41, 5.74) is 5.77. The second-order valence-electron chi connectivity index (χ2n) is 4.14.